The van der Waals surface area contributed by atoms with E-state index >= 15 is 0 Å². The molecule has 0 fully saturated rings. The lowest BCUT2D eigenvalue weighted by Crippen LogP contribution is -2.32. The maximum Gasteiger partial charge on any atom is 0.333 e. The fourth-order valence-electron chi connectivity index (χ4n) is 3.12. The Balaban J connectivity index is 1.62. The Kier molecular flexibility index (Phi) is 6.52. The molecule has 1 aromatic carbocycles. The molecule has 8 heteroatoms. The van der Waals surface area contributed by atoms with Gasteiger partial charge in [-0.05, 0) is 41.8 Å². The van der Waals surface area contributed by atoms with Crippen molar-refractivity contribution in [1.82, 2.24) is 20.1 Å². The molecule has 3 heterocycles. The van der Waals surface area contributed by atoms with E-state index in [0.717, 1.165) is 16.8 Å². The van der Waals surface area contributed by atoms with Gasteiger partial charge in [0.15, 0.2) is 6.04 Å². The van der Waals surface area contributed by atoms with Crippen LogP contribution in [-0.4, -0.2) is 33.8 Å². The lowest BCUT2D eigenvalue weighted by Gasteiger charge is -2.13. The highest BCUT2D eigenvalue weighted by Crippen LogP contribution is 2.24. The number of hydrogen-bond donors (Lipinski definition) is 1. The third kappa shape index (κ3) is 4.81. The molecule has 0 aliphatic rings. The van der Waals surface area contributed by atoms with Gasteiger partial charge in [-0.3, -0.25) is 9.78 Å². The first-order valence-corrected chi connectivity index (χ1v) is 10.7. The van der Waals surface area contributed by atoms with Crippen molar-refractivity contribution in [2.24, 2.45) is 0 Å². The van der Waals surface area contributed by atoms with Crippen LogP contribution >= 0.6 is 11.3 Å². The number of pyridine rings is 1. The second-order valence-electron chi connectivity index (χ2n) is 6.77. The molecule has 32 heavy (non-hydrogen) atoms. The van der Waals surface area contributed by atoms with Crippen molar-refractivity contribution in [3.8, 4) is 16.9 Å². The van der Waals surface area contributed by atoms with E-state index in [2.05, 4.69) is 10.3 Å². The molecule has 1 N–H and O–H groups in total. The summed E-state index contributed by atoms with van der Waals surface area (Å²) in [7, 11) is 1.29. The Morgan fingerprint density at radius 2 is 1.97 bits per heavy atom. The van der Waals surface area contributed by atoms with Crippen LogP contribution in [0.1, 0.15) is 16.5 Å². The van der Waals surface area contributed by atoms with Crippen molar-refractivity contribution < 1.29 is 14.3 Å². The van der Waals surface area contributed by atoms with Crippen LogP contribution in [0.2, 0.25) is 0 Å². The molecule has 7 nitrogen and oxygen atoms in total. The molecule has 4 aromatic rings. The van der Waals surface area contributed by atoms with E-state index in [9.17, 15) is 9.59 Å². The van der Waals surface area contributed by atoms with E-state index in [1.807, 2.05) is 60.1 Å². The lowest BCUT2D eigenvalue weighted by atomic mass is 10.1. The smallest absolute Gasteiger partial charge is 0.333 e. The summed E-state index contributed by atoms with van der Waals surface area (Å²) < 4.78 is 6.59. The highest BCUT2D eigenvalue weighted by molar-refractivity contribution is 7.10. The molecule has 0 aliphatic carbocycles. The van der Waals surface area contributed by atoms with Crippen molar-refractivity contribution >= 4 is 29.3 Å². The fourth-order valence-corrected chi connectivity index (χ4v) is 3.89. The van der Waals surface area contributed by atoms with E-state index in [0.29, 0.717) is 10.6 Å². The predicted molar refractivity (Wildman–Crippen MR) is 123 cm³/mol. The largest absolute Gasteiger partial charge is 0.467 e. The highest BCUT2D eigenvalue weighted by atomic mass is 32.1. The number of ether oxygens (including phenoxy) is 1. The number of nitrogens with zero attached hydrogens (tertiary/aromatic N) is 3. The standard InChI is InChI=1S/C24H20N4O3S/c1-31-24(30)23(20-10-6-14-32-20)26-21(29)12-11-18-16-28(19-8-3-2-4-9-19)27-22(18)17-7-5-13-25-15-17/h2-16,23H,1H3,(H,26,29)/b12-11+/t23-/m1/s1. The number of methoxy groups -OCH3 is 1. The molecule has 0 aliphatic heterocycles. The van der Waals surface area contributed by atoms with Crippen LogP contribution in [-0.2, 0) is 14.3 Å². The molecule has 1 atom stereocenters. The number of aromatic nitrogens is 3. The Bertz CT molecular complexity index is 1220. The molecule has 0 spiro atoms. The van der Waals surface area contributed by atoms with E-state index in [1.54, 1.807) is 29.2 Å². The monoisotopic (exact) mass is 444 g/mol. The van der Waals surface area contributed by atoms with Gasteiger partial charge in [0, 0.05) is 40.7 Å². The van der Waals surface area contributed by atoms with Gasteiger partial charge in [-0.15, -0.1) is 11.3 Å². The van der Waals surface area contributed by atoms with Crippen molar-refractivity contribution in [3.05, 3.63) is 95.1 Å². The summed E-state index contributed by atoms with van der Waals surface area (Å²) in [4.78, 5) is 29.6. The normalized spacial score (nSPS) is 11.9. The van der Waals surface area contributed by atoms with E-state index < -0.39 is 17.9 Å². The second kappa shape index (κ2) is 9.84. The summed E-state index contributed by atoms with van der Waals surface area (Å²) in [6, 6.07) is 16.2. The Morgan fingerprint density at radius 3 is 2.66 bits per heavy atom. The van der Waals surface area contributed by atoms with Crippen molar-refractivity contribution in [1.29, 1.82) is 0 Å². The Morgan fingerprint density at radius 1 is 1.12 bits per heavy atom. The Labute approximate surface area is 189 Å². The zero-order valence-corrected chi connectivity index (χ0v) is 18.0. The lowest BCUT2D eigenvalue weighted by molar-refractivity contribution is -0.144. The van der Waals surface area contributed by atoms with E-state index in [1.165, 1.54) is 24.5 Å². The fraction of sp³-hybridized carbons (Fsp3) is 0.0833. The van der Waals surface area contributed by atoms with Gasteiger partial charge < -0.3 is 10.1 Å². The minimum absolute atomic E-state index is 0.418. The first kappa shape index (κ1) is 21.2. The first-order valence-electron chi connectivity index (χ1n) is 9.81. The summed E-state index contributed by atoms with van der Waals surface area (Å²) in [5.74, 6) is -0.944. The number of hydrogen-bond acceptors (Lipinski definition) is 6. The molecular formula is C24H20N4O3S. The third-order valence-corrected chi connectivity index (χ3v) is 5.60. The highest BCUT2D eigenvalue weighted by Gasteiger charge is 2.23. The minimum atomic E-state index is -0.859. The molecule has 4 rings (SSSR count). The molecule has 0 bridgehead atoms. The molecule has 0 unspecified atom stereocenters. The number of carbonyl (C=O) groups is 2. The molecular weight excluding hydrogens is 424 g/mol. The van der Waals surface area contributed by atoms with Crippen LogP contribution in [0.5, 0.6) is 0 Å². The van der Waals surface area contributed by atoms with Gasteiger partial charge in [-0.2, -0.15) is 5.10 Å². The molecule has 1 amide bonds. The molecule has 0 saturated heterocycles. The summed E-state index contributed by atoms with van der Waals surface area (Å²) in [5.41, 5.74) is 3.15. The van der Waals surface area contributed by atoms with Crippen molar-refractivity contribution in [2.45, 2.75) is 6.04 Å². The molecule has 3 aromatic heterocycles. The number of carbonyl (C=O) groups excluding carboxylic acids is 2. The number of amides is 1. The molecule has 0 saturated carbocycles. The SMILES string of the molecule is COC(=O)[C@H](NC(=O)/C=C/c1cn(-c2ccccc2)nc1-c1cccnc1)c1cccs1. The van der Waals surface area contributed by atoms with Crippen LogP contribution in [0.3, 0.4) is 0 Å². The summed E-state index contributed by atoms with van der Waals surface area (Å²) >= 11 is 1.37. The topological polar surface area (TPSA) is 86.1 Å². The van der Waals surface area contributed by atoms with Gasteiger partial charge in [0.1, 0.15) is 5.69 Å². The average molecular weight is 445 g/mol. The predicted octanol–water partition coefficient (Wildman–Crippen LogP) is 4.04. The number of benzene rings is 1. The van der Waals surface area contributed by atoms with Crippen LogP contribution in [0.4, 0.5) is 0 Å². The molecule has 0 radical (unpaired) electrons. The summed E-state index contributed by atoms with van der Waals surface area (Å²) in [6.07, 6.45) is 8.32. The maximum absolute atomic E-state index is 12.6. The van der Waals surface area contributed by atoms with E-state index in [4.69, 9.17) is 9.84 Å². The van der Waals surface area contributed by atoms with Gasteiger partial charge in [0.2, 0.25) is 5.91 Å². The summed E-state index contributed by atoms with van der Waals surface area (Å²) in [5, 5.41) is 9.24. The second-order valence-corrected chi connectivity index (χ2v) is 7.75. The third-order valence-electron chi connectivity index (χ3n) is 4.66. The zero-order chi connectivity index (χ0) is 22.3. The van der Waals surface area contributed by atoms with Crippen LogP contribution in [0, 0.1) is 0 Å². The van der Waals surface area contributed by atoms with Crippen LogP contribution in [0.25, 0.3) is 23.0 Å². The van der Waals surface area contributed by atoms with Crippen LogP contribution < -0.4 is 5.32 Å². The molecule has 160 valence electrons. The zero-order valence-electron chi connectivity index (χ0n) is 17.2. The van der Waals surface area contributed by atoms with Crippen molar-refractivity contribution in [2.75, 3.05) is 7.11 Å². The number of thiophene rings is 1. The maximum atomic E-state index is 12.6. The van der Waals surface area contributed by atoms with Gasteiger partial charge >= 0.3 is 5.97 Å². The first-order chi connectivity index (χ1) is 15.7. The van der Waals surface area contributed by atoms with Gasteiger partial charge in [0.05, 0.1) is 12.8 Å². The van der Waals surface area contributed by atoms with Gasteiger partial charge in [-0.25, -0.2) is 9.48 Å². The quantitative estimate of drug-likeness (QED) is 0.343. The van der Waals surface area contributed by atoms with Crippen LogP contribution in [0.15, 0.2) is 84.6 Å². The van der Waals surface area contributed by atoms with Gasteiger partial charge in [-0.1, -0.05) is 24.3 Å². The minimum Gasteiger partial charge on any atom is -0.467 e. The number of para-hydroxylation sites is 1. The number of rotatable bonds is 7. The van der Waals surface area contributed by atoms with Crippen molar-refractivity contribution in [3.63, 3.8) is 0 Å². The van der Waals surface area contributed by atoms with Gasteiger partial charge in [0.25, 0.3) is 0 Å². The average Bonchev–Trinajstić information content (AvgIpc) is 3.52. The van der Waals surface area contributed by atoms with E-state index in [-0.39, 0.29) is 0 Å². The Hall–Kier alpha value is -4.04. The summed E-state index contributed by atoms with van der Waals surface area (Å²) in [6.45, 7) is 0. The number of esters is 1. The number of nitrogens with one attached hydrogen (secondary N) is 1.